The van der Waals surface area contributed by atoms with E-state index in [0.717, 1.165) is 32.4 Å². The Bertz CT molecular complexity index is 529. The Kier molecular flexibility index (Phi) is 8.17. The number of halogens is 2. The fourth-order valence-electron chi connectivity index (χ4n) is 4.02. The van der Waals surface area contributed by atoms with Crippen LogP contribution in [-0.4, -0.2) is 47.9 Å². The van der Waals surface area contributed by atoms with Gasteiger partial charge < -0.3 is 9.80 Å². The maximum Gasteiger partial charge on any atom is 0.254 e. The number of amides is 1. The van der Waals surface area contributed by atoms with E-state index >= 15 is 0 Å². The van der Waals surface area contributed by atoms with Crippen LogP contribution in [0.1, 0.15) is 61.7 Å². The van der Waals surface area contributed by atoms with Crippen molar-refractivity contribution in [1.82, 2.24) is 9.80 Å². The Balaban J connectivity index is 0.00000225. The van der Waals surface area contributed by atoms with E-state index in [1.165, 1.54) is 57.3 Å². The minimum Gasteiger partial charge on any atom is -0.336 e. The van der Waals surface area contributed by atoms with Crippen molar-refractivity contribution in [3.63, 3.8) is 0 Å². The zero-order valence-corrected chi connectivity index (χ0v) is 15.8. The van der Waals surface area contributed by atoms with Crippen LogP contribution in [0.2, 0.25) is 0 Å². The highest BCUT2D eigenvalue weighted by Crippen LogP contribution is 2.23. The van der Waals surface area contributed by atoms with E-state index in [9.17, 15) is 9.18 Å². The molecule has 0 aromatic heterocycles. The number of rotatable bonds is 4. The normalized spacial score (nSPS) is 22.1. The maximum atomic E-state index is 13.1. The van der Waals surface area contributed by atoms with Crippen molar-refractivity contribution in [1.29, 1.82) is 0 Å². The smallest absolute Gasteiger partial charge is 0.254 e. The highest BCUT2D eigenvalue weighted by atomic mass is 35.5. The Morgan fingerprint density at radius 2 is 1.60 bits per heavy atom. The van der Waals surface area contributed by atoms with Gasteiger partial charge in [-0.3, -0.25) is 4.79 Å². The van der Waals surface area contributed by atoms with Gasteiger partial charge in [0.2, 0.25) is 0 Å². The van der Waals surface area contributed by atoms with Crippen LogP contribution in [0, 0.1) is 5.82 Å². The summed E-state index contributed by atoms with van der Waals surface area (Å²) in [5.74, 6) is -0.224. The van der Waals surface area contributed by atoms with Crippen LogP contribution in [0.5, 0.6) is 0 Å². The third-order valence-corrected chi connectivity index (χ3v) is 5.46. The standard InChI is InChI=1S/C20H29FN2O.ClH/c21-18-10-8-17(9-11-18)20(24)23-15-6-3-7-19(23)12-16-22-13-4-1-2-5-14-22;/h8-11,19H,1-7,12-16H2;1H. The lowest BCUT2D eigenvalue weighted by molar-refractivity contribution is 0.0584. The molecular weight excluding hydrogens is 339 g/mol. The largest absolute Gasteiger partial charge is 0.336 e. The average Bonchev–Trinajstić information content (AvgIpc) is 2.89. The molecule has 1 atom stereocenters. The zero-order chi connectivity index (χ0) is 16.8. The van der Waals surface area contributed by atoms with E-state index in [4.69, 9.17) is 0 Å². The summed E-state index contributed by atoms with van der Waals surface area (Å²) < 4.78 is 13.1. The molecule has 2 heterocycles. The van der Waals surface area contributed by atoms with Gasteiger partial charge >= 0.3 is 0 Å². The predicted molar refractivity (Wildman–Crippen MR) is 102 cm³/mol. The van der Waals surface area contributed by atoms with Crippen molar-refractivity contribution >= 4 is 18.3 Å². The third-order valence-electron chi connectivity index (χ3n) is 5.46. The van der Waals surface area contributed by atoms with Gasteiger partial charge in [0.05, 0.1) is 0 Å². The first-order valence-corrected chi connectivity index (χ1v) is 9.53. The van der Waals surface area contributed by atoms with Crippen molar-refractivity contribution in [2.24, 2.45) is 0 Å². The van der Waals surface area contributed by atoms with Gasteiger partial charge in [-0.25, -0.2) is 4.39 Å². The fraction of sp³-hybridized carbons (Fsp3) is 0.650. The monoisotopic (exact) mass is 368 g/mol. The van der Waals surface area contributed by atoms with Gasteiger partial charge in [-0.2, -0.15) is 0 Å². The van der Waals surface area contributed by atoms with Gasteiger partial charge in [-0.05, 0) is 75.9 Å². The lowest BCUT2D eigenvalue weighted by Gasteiger charge is -2.37. The summed E-state index contributed by atoms with van der Waals surface area (Å²) in [5.41, 5.74) is 0.609. The minimum absolute atomic E-state index is 0. The molecule has 2 aliphatic rings. The first kappa shape index (κ1) is 20.2. The molecule has 3 nitrogen and oxygen atoms in total. The van der Waals surface area contributed by atoms with Gasteiger partial charge in [0.25, 0.3) is 5.91 Å². The number of likely N-dealkylation sites (tertiary alicyclic amines) is 2. The Labute approximate surface area is 157 Å². The molecule has 0 spiro atoms. The second-order valence-corrected chi connectivity index (χ2v) is 7.20. The van der Waals surface area contributed by atoms with Crippen LogP contribution in [-0.2, 0) is 0 Å². The molecule has 1 aromatic rings. The molecule has 0 saturated carbocycles. The van der Waals surface area contributed by atoms with E-state index in [1.807, 2.05) is 4.90 Å². The first-order valence-electron chi connectivity index (χ1n) is 9.53. The van der Waals surface area contributed by atoms with Gasteiger partial charge in [-0.15, -0.1) is 12.4 Å². The summed E-state index contributed by atoms with van der Waals surface area (Å²) in [5, 5.41) is 0. The Hall–Kier alpha value is -1.13. The quantitative estimate of drug-likeness (QED) is 0.780. The summed E-state index contributed by atoms with van der Waals surface area (Å²) >= 11 is 0. The molecule has 2 fully saturated rings. The summed E-state index contributed by atoms with van der Waals surface area (Å²) in [6.45, 7) is 4.34. The summed E-state index contributed by atoms with van der Waals surface area (Å²) in [4.78, 5) is 17.4. The lowest BCUT2D eigenvalue weighted by atomic mass is 9.97. The van der Waals surface area contributed by atoms with E-state index in [0.29, 0.717) is 11.6 Å². The zero-order valence-electron chi connectivity index (χ0n) is 15.0. The summed E-state index contributed by atoms with van der Waals surface area (Å²) in [6, 6.07) is 6.31. The summed E-state index contributed by atoms with van der Waals surface area (Å²) in [6.07, 6.45) is 9.77. The molecule has 0 bridgehead atoms. The molecule has 1 unspecified atom stereocenters. The SMILES string of the molecule is Cl.O=C(c1ccc(F)cc1)N1CCCCC1CCN1CCCCCC1. The molecule has 3 rings (SSSR count). The maximum absolute atomic E-state index is 13.1. The van der Waals surface area contributed by atoms with Crippen molar-refractivity contribution in [2.45, 2.75) is 57.4 Å². The van der Waals surface area contributed by atoms with Crippen LogP contribution in [0.25, 0.3) is 0 Å². The van der Waals surface area contributed by atoms with Crippen molar-refractivity contribution in [3.05, 3.63) is 35.6 Å². The second kappa shape index (κ2) is 10.1. The second-order valence-electron chi connectivity index (χ2n) is 7.20. The third kappa shape index (κ3) is 5.68. The molecule has 25 heavy (non-hydrogen) atoms. The molecule has 1 amide bonds. The van der Waals surface area contributed by atoms with Gasteiger partial charge in [0, 0.05) is 24.7 Å². The van der Waals surface area contributed by atoms with Crippen LogP contribution >= 0.6 is 12.4 Å². The predicted octanol–water partition coefficient (Wildman–Crippen LogP) is 4.51. The molecule has 0 aliphatic carbocycles. The molecule has 140 valence electrons. The number of benzene rings is 1. The number of hydrogen-bond donors (Lipinski definition) is 0. The van der Waals surface area contributed by atoms with Crippen molar-refractivity contribution < 1.29 is 9.18 Å². The van der Waals surface area contributed by atoms with E-state index in [-0.39, 0.29) is 24.1 Å². The average molecular weight is 369 g/mol. The molecular formula is C20H30ClFN2O. The highest BCUT2D eigenvalue weighted by molar-refractivity contribution is 5.94. The number of hydrogen-bond acceptors (Lipinski definition) is 2. The van der Waals surface area contributed by atoms with Crippen LogP contribution < -0.4 is 0 Å². The lowest BCUT2D eigenvalue weighted by Crippen LogP contribution is -2.45. The highest BCUT2D eigenvalue weighted by Gasteiger charge is 2.27. The topological polar surface area (TPSA) is 23.6 Å². The van der Waals surface area contributed by atoms with Crippen molar-refractivity contribution in [3.8, 4) is 0 Å². The van der Waals surface area contributed by atoms with Crippen molar-refractivity contribution in [2.75, 3.05) is 26.2 Å². The summed E-state index contributed by atoms with van der Waals surface area (Å²) in [7, 11) is 0. The number of carbonyl (C=O) groups is 1. The Morgan fingerprint density at radius 3 is 2.28 bits per heavy atom. The van der Waals surface area contributed by atoms with Gasteiger partial charge in [0.15, 0.2) is 0 Å². The molecule has 5 heteroatoms. The van der Waals surface area contributed by atoms with E-state index in [1.54, 1.807) is 12.1 Å². The van der Waals surface area contributed by atoms with Gasteiger partial charge in [-0.1, -0.05) is 12.8 Å². The fourth-order valence-corrected chi connectivity index (χ4v) is 4.02. The van der Waals surface area contributed by atoms with Crippen LogP contribution in [0.4, 0.5) is 4.39 Å². The van der Waals surface area contributed by atoms with Crippen LogP contribution in [0.3, 0.4) is 0 Å². The van der Waals surface area contributed by atoms with E-state index in [2.05, 4.69) is 4.90 Å². The molecule has 1 aromatic carbocycles. The molecule has 0 radical (unpaired) electrons. The number of carbonyl (C=O) groups excluding carboxylic acids is 1. The van der Waals surface area contributed by atoms with Gasteiger partial charge in [0.1, 0.15) is 5.82 Å². The first-order chi connectivity index (χ1) is 11.7. The molecule has 2 aliphatic heterocycles. The number of piperidine rings is 1. The molecule has 0 N–H and O–H groups in total. The Morgan fingerprint density at radius 1 is 0.960 bits per heavy atom. The van der Waals surface area contributed by atoms with E-state index < -0.39 is 0 Å². The minimum atomic E-state index is -0.289. The van der Waals surface area contributed by atoms with Crippen LogP contribution in [0.15, 0.2) is 24.3 Å². The number of nitrogens with zero attached hydrogens (tertiary/aromatic N) is 2. The molecule has 2 saturated heterocycles.